The number of aromatic amines is 2. The number of benzene rings is 4. The minimum absolute atomic E-state index is 0. The Morgan fingerprint density at radius 3 is 1.13 bits per heavy atom. The molecule has 13 aromatic rings. The van der Waals surface area contributed by atoms with Gasteiger partial charge in [-0.2, -0.15) is 26.3 Å². The average Bonchev–Trinajstić information content (AvgIpc) is 4.21. The number of fused-ring (bicyclic) bond motifs is 10. The van der Waals surface area contributed by atoms with Crippen LogP contribution in [-0.2, 0) is 26.4 Å². The van der Waals surface area contributed by atoms with E-state index in [1.165, 1.54) is 0 Å². The van der Waals surface area contributed by atoms with Gasteiger partial charge >= 0.3 is 12.4 Å². The zero-order valence-corrected chi connectivity index (χ0v) is 42.7. The van der Waals surface area contributed by atoms with Crippen LogP contribution in [0.25, 0.3) is 110 Å². The van der Waals surface area contributed by atoms with Crippen molar-refractivity contribution in [3.63, 3.8) is 0 Å². The molecule has 2 unspecified atom stereocenters. The molecule has 76 heavy (non-hydrogen) atoms. The van der Waals surface area contributed by atoms with Crippen LogP contribution in [0.4, 0.5) is 26.3 Å². The van der Waals surface area contributed by atoms with Gasteiger partial charge in [-0.25, -0.2) is 29.9 Å². The smallest absolute Gasteiger partial charge is 0.338 e. The zero-order chi connectivity index (χ0) is 52.2. The van der Waals surface area contributed by atoms with E-state index in [2.05, 4.69) is 90.6 Å². The van der Waals surface area contributed by atoms with E-state index < -0.39 is 44.5 Å². The van der Waals surface area contributed by atoms with Gasteiger partial charge in [0, 0.05) is 93.4 Å². The number of hydrogen-bond acceptors (Lipinski definition) is 10. The first-order chi connectivity index (χ1) is 36.0. The van der Waals surface area contributed by atoms with Crippen molar-refractivity contribution in [2.45, 2.75) is 12.4 Å². The Balaban J connectivity index is 0.000000123. The number of pyridine rings is 8. The second-order valence-corrected chi connectivity index (χ2v) is 23.9. The number of hydrogen-bond donors (Lipinski definition) is 2. The Morgan fingerprint density at radius 1 is 0.408 bits per heavy atom. The molecule has 0 saturated carbocycles. The van der Waals surface area contributed by atoms with Gasteiger partial charge in [-0.1, -0.05) is 83.9 Å². The van der Waals surface area contributed by atoms with Gasteiger partial charge in [0.15, 0.2) is 11.3 Å². The van der Waals surface area contributed by atoms with Crippen molar-refractivity contribution in [1.29, 1.82) is 0 Å². The van der Waals surface area contributed by atoms with Crippen molar-refractivity contribution in [2.75, 3.05) is 5.90 Å². The van der Waals surface area contributed by atoms with Gasteiger partial charge in [0.05, 0.1) is 44.1 Å². The second kappa shape index (κ2) is 21.0. The number of rotatable bonds is 2. The molecule has 4 aromatic carbocycles. The van der Waals surface area contributed by atoms with Gasteiger partial charge in [0.2, 0.25) is 0 Å². The fourth-order valence-corrected chi connectivity index (χ4v) is 14.5. The quantitative estimate of drug-likeness (QED) is 0.0735. The summed E-state index contributed by atoms with van der Waals surface area (Å²) in [5.41, 5.74) is 5.55. The predicted molar refractivity (Wildman–Crippen MR) is 285 cm³/mol. The van der Waals surface area contributed by atoms with Gasteiger partial charge in [-0.15, -0.1) is 0 Å². The van der Waals surface area contributed by atoms with Crippen LogP contribution in [0.15, 0.2) is 158 Å². The maximum atomic E-state index is 11.8. The van der Waals surface area contributed by atoms with Crippen LogP contribution < -0.4 is 0 Å². The molecule has 379 valence electrons. The molecule has 2 N–H and O–H groups in total. The molecule has 0 amide bonds. The number of nitrogens with one attached hydrogen (secondary N) is 2. The molecular formula is C53H30Cl2CoF6N10O2P2. The summed E-state index contributed by atoms with van der Waals surface area (Å²) < 4.78 is 70.5. The standard InChI is InChI=1S/C24H14N6.C12H6Cl2N2.C12H8N2.C5H2F6O2P2.Co/c1-2-14-6-10-18-26-20-12-8-16-4-3-15-7-11-19(29-23(15)24(16)30-20)25-17-9-5-13(1)21(27-17)22(14)28-18;13-9-5-3-7-1-2-8-4-6-10(14)16-12(8)11(7)15-9;1-3-9-5-6-10-4-2-8-14-12(10)11(9)13-7-1;6-4(7,8)2(12)14-1-15(14)3(13)5(9,10)11;/h1-12H,(H,25,27,29)(H,26,28,30);1-6H;1-8H;1H2;. The summed E-state index contributed by atoms with van der Waals surface area (Å²) in [5, 5.41) is 9.44. The van der Waals surface area contributed by atoms with Crippen LogP contribution >= 0.6 is 38.4 Å². The number of alkyl halides is 6. The summed E-state index contributed by atoms with van der Waals surface area (Å²) in [7, 11) is -4.87. The van der Waals surface area contributed by atoms with E-state index in [-0.39, 0.29) is 16.8 Å². The van der Waals surface area contributed by atoms with E-state index in [4.69, 9.17) is 43.1 Å². The van der Waals surface area contributed by atoms with Crippen LogP contribution in [0, 0.1) is 0 Å². The van der Waals surface area contributed by atoms with Crippen LogP contribution in [0.1, 0.15) is 0 Å². The van der Waals surface area contributed by atoms with Crippen LogP contribution in [-0.4, -0.2) is 79.1 Å². The molecule has 1 fully saturated rings. The molecule has 8 bridgehead atoms. The minimum Gasteiger partial charge on any atom is -0.338 e. The Kier molecular flexibility index (Phi) is 14.4. The number of nitrogens with zero attached hydrogens (tertiary/aromatic N) is 8. The zero-order valence-electron chi connectivity index (χ0n) is 38.4. The Labute approximate surface area is 446 Å². The van der Waals surface area contributed by atoms with Crippen molar-refractivity contribution < 1.29 is 52.7 Å². The van der Waals surface area contributed by atoms with E-state index in [0.29, 0.717) is 21.6 Å². The largest absolute Gasteiger partial charge is 0.454 e. The molecule has 9 aromatic heterocycles. The molecule has 10 heterocycles. The maximum absolute atomic E-state index is 11.8. The molecule has 0 aliphatic carbocycles. The molecule has 0 spiro atoms. The first-order valence-electron chi connectivity index (χ1n) is 22.4. The van der Waals surface area contributed by atoms with Crippen molar-refractivity contribution in [1.82, 2.24) is 49.8 Å². The Hall–Kier alpha value is -7.37. The molecule has 14 rings (SSSR count). The predicted octanol–water partition coefficient (Wildman–Crippen LogP) is 15.3. The minimum atomic E-state index is -5.13. The van der Waals surface area contributed by atoms with Gasteiger partial charge in [0.25, 0.3) is 11.0 Å². The third-order valence-corrected chi connectivity index (χ3v) is 18.6. The fraction of sp³-hybridized carbons (Fsp3) is 0.0566. The molecule has 1 aliphatic rings. The number of carbonyl (C=O) groups excluding carboxylic acids is 2. The molecule has 1 aliphatic heterocycles. The summed E-state index contributed by atoms with van der Waals surface area (Å²) in [5.74, 6) is -0.540. The Bertz CT molecular complexity index is 4060. The van der Waals surface area contributed by atoms with Crippen LogP contribution in [0.2, 0.25) is 10.3 Å². The number of halogens is 8. The third-order valence-electron chi connectivity index (χ3n) is 11.8. The number of H-pyrrole nitrogens is 2. The van der Waals surface area contributed by atoms with Gasteiger partial charge in [-0.05, 0) is 84.9 Å². The van der Waals surface area contributed by atoms with Gasteiger partial charge < -0.3 is 9.97 Å². The SMILES string of the molecule is Clc1ccc2ccc3ccc(Cl)nc3c2n1.O=C(P1CP1C(=O)C(F)(F)F)C(F)(F)F.[Co].c1cc2ccc3ccc4nc5ccc6ccc7ccc(nc1nc2c3[nH]4)[nH]c7c6n5.c1cnc2c(c1)ccc1cccnc12. The fourth-order valence-electron chi connectivity index (χ4n) is 8.25. The van der Waals surface area contributed by atoms with Crippen molar-refractivity contribution in [3.8, 4) is 0 Å². The summed E-state index contributed by atoms with van der Waals surface area (Å²) in [4.78, 5) is 64.3. The second-order valence-electron chi connectivity index (χ2n) is 16.7. The van der Waals surface area contributed by atoms with Gasteiger partial charge in [0.1, 0.15) is 21.6 Å². The van der Waals surface area contributed by atoms with Crippen molar-refractivity contribution >= 4 is 159 Å². The van der Waals surface area contributed by atoms with Crippen molar-refractivity contribution in [2.24, 2.45) is 0 Å². The number of aromatic nitrogens is 10. The van der Waals surface area contributed by atoms with Gasteiger partial charge in [-0.3, -0.25) is 19.6 Å². The number of carbonyl (C=O) groups is 2. The maximum Gasteiger partial charge on any atom is 0.454 e. The van der Waals surface area contributed by atoms with E-state index in [1.807, 2.05) is 72.8 Å². The van der Waals surface area contributed by atoms with Crippen LogP contribution in [0.5, 0.6) is 0 Å². The molecule has 2 atom stereocenters. The monoisotopic (exact) mass is 1140 g/mol. The summed E-state index contributed by atoms with van der Waals surface area (Å²) in [6.45, 7) is 0. The summed E-state index contributed by atoms with van der Waals surface area (Å²) in [6.07, 6.45) is -6.66. The first kappa shape index (κ1) is 52.1. The molecular weight excluding hydrogens is 1110 g/mol. The summed E-state index contributed by atoms with van der Waals surface area (Å²) in [6, 6.07) is 47.8. The van der Waals surface area contributed by atoms with Crippen molar-refractivity contribution in [3.05, 3.63) is 168 Å². The van der Waals surface area contributed by atoms with E-state index in [0.717, 1.165) is 98.5 Å². The summed E-state index contributed by atoms with van der Waals surface area (Å²) >= 11 is 11.8. The molecule has 1 radical (unpaired) electrons. The molecule has 23 heteroatoms. The van der Waals surface area contributed by atoms with E-state index in [9.17, 15) is 35.9 Å². The Morgan fingerprint density at radius 2 is 0.737 bits per heavy atom. The first-order valence-corrected chi connectivity index (χ1v) is 26.9. The average molecular weight is 1140 g/mol. The molecule has 12 nitrogen and oxygen atoms in total. The normalized spacial score (nSPS) is 14.3. The topological polar surface area (TPSA) is 169 Å². The molecule has 1 saturated heterocycles. The third kappa shape index (κ3) is 10.8. The van der Waals surface area contributed by atoms with E-state index in [1.54, 1.807) is 24.5 Å². The van der Waals surface area contributed by atoms with Crippen LogP contribution in [0.3, 0.4) is 0 Å². The van der Waals surface area contributed by atoms with E-state index >= 15 is 0 Å².